The minimum absolute atomic E-state index is 0.110. The van der Waals surface area contributed by atoms with Crippen LogP contribution in [-0.2, 0) is 14.8 Å². The summed E-state index contributed by atoms with van der Waals surface area (Å²) in [6.07, 6.45) is -0.243. The SMILES string of the molecule is CC(C)C(CC(=O)O)NS(=O)(=O)c1ccc(Br)cc1. The number of benzene rings is 1. The predicted molar refractivity (Wildman–Crippen MR) is 75.3 cm³/mol. The summed E-state index contributed by atoms with van der Waals surface area (Å²) in [5.41, 5.74) is 0. The summed E-state index contributed by atoms with van der Waals surface area (Å²) in [7, 11) is -3.70. The minimum Gasteiger partial charge on any atom is -0.481 e. The summed E-state index contributed by atoms with van der Waals surface area (Å²) in [6.45, 7) is 3.55. The Balaban J connectivity index is 2.93. The molecule has 0 saturated heterocycles. The van der Waals surface area contributed by atoms with E-state index < -0.39 is 22.0 Å². The molecule has 7 heteroatoms. The highest BCUT2D eigenvalue weighted by atomic mass is 79.9. The number of rotatable bonds is 6. The number of carboxylic acids is 1. The van der Waals surface area contributed by atoms with E-state index in [0.29, 0.717) is 0 Å². The van der Waals surface area contributed by atoms with Gasteiger partial charge in [-0.2, -0.15) is 0 Å². The molecule has 19 heavy (non-hydrogen) atoms. The summed E-state index contributed by atoms with van der Waals surface area (Å²) >= 11 is 3.23. The molecule has 0 radical (unpaired) electrons. The number of sulfonamides is 1. The summed E-state index contributed by atoms with van der Waals surface area (Å²) in [6, 6.07) is 5.53. The number of carboxylic acid groups (broad SMARTS) is 1. The fourth-order valence-electron chi connectivity index (χ4n) is 1.48. The molecule has 1 aromatic rings. The maximum Gasteiger partial charge on any atom is 0.304 e. The monoisotopic (exact) mass is 349 g/mol. The molecular formula is C12H16BrNO4S. The van der Waals surface area contributed by atoms with Gasteiger partial charge < -0.3 is 5.11 Å². The topological polar surface area (TPSA) is 83.5 Å². The molecular weight excluding hydrogens is 334 g/mol. The average Bonchev–Trinajstić information content (AvgIpc) is 2.27. The number of nitrogens with one attached hydrogen (secondary N) is 1. The third kappa shape index (κ3) is 4.93. The van der Waals surface area contributed by atoms with Crippen LogP contribution < -0.4 is 4.72 Å². The second-order valence-electron chi connectivity index (χ2n) is 4.52. The molecule has 0 fully saturated rings. The van der Waals surface area contributed by atoms with Crippen LogP contribution in [0.4, 0.5) is 0 Å². The first kappa shape index (κ1) is 16.1. The molecule has 0 saturated carbocycles. The van der Waals surface area contributed by atoms with Crippen LogP contribution in [0.5, 0.6) is 0 Å². The van der Waals surface area contributed by atoms with Crippen molar-refractivity contribution in [1.82, 2.24) is 4.72 Å². The van der Waals surface area contributed by atoms with Crippen LogP contribution >= 0.6 is 15.9 Å². The third-order valence-electron chi connectivity index (χ3n) is 2.63. The van der Waals surface area contributed by atoms with Crippen LogP contribution in [0.1, 0.15) is 20.3 Å². The van der Waals surface area contributed by atoms with Gasteiger partial charge in [-0.05, 0) is 30.2 Å². The summed E-state index contributed by atoms with van der Waals surface area (Å²) in [5, 5.41) is 8.80. The number of carbonyl (C=O) groups is 1. The van der Waals surface area contributed by atoms with Crippen molar-refractivity contribution in [3.8, 4) is 0 Å². The highest BCUT2D eigenvalue weighted by Crippen LogP contribution is 2.16. The van der Waals surface area contributed by atoms with Gasteiger partial charge in [0.2, 0.25) is 10.0 Å². The molecule has 0 aliphatic heterocycles. The van der Waals surface area contributed by atoms with Crippen molar-refractivity contribution >= 4 is 31.9 Å². The van der Waals surface area contributed by atoms with Gasteiger partial charge in [-0.25, -0.2) is 13.1 Å². The van der Waals surface area contributed by atoms with Gasteiger partial charge in [0.15, 0.2) is 0 Å². The number of halogens is 1. The summed E-state index contributed by atoms with van der Waals surface area (Å²) in [4.78, 5) is 10.9. The maximum absolute atomic E-state index is 12.1. The first-order valence-corrected chi connectivity index (χ1v) is 7.99. The normalized spacial score (nSPS) is 13.5. The Kier molecular flexibility index (Phi) is 5.51. The fraction of sp³-hybridized carbons (Fsp3) is 0.417. The van der Waals surface area contributed by atoms with Crippen LogP contribution in [0.25, 0.3) is 0 Å². The second-order valence-corrected chi connectivity index (χ2v) is 7.15. The summed E-state index contributed by atoms with van der Waals surface area (Å²) < 4.78 is 27.5. The fourth-order valence-corrected chi connectivity index (χ4v) is 3.13. The Morgan fingerprint density at radius 3 is 2.26 bits per heavy atom. The molecule has 0 spiro atoms. The molecule has 1 unspecified atom stereocenters. The molecule has 1 aromatic carbocycles. The zero-order valence-corrected chi connectivity index (χ0v) is 13.0. The quantitative estimate of drug-likeness (QED) is 0.824. The van der Waals surface area contributed by atoms with E-state index in [0.717, 1.165) is 4.47 Å². The molecule has 2 N–H and O–H groups in total. The number of hydrogen-bond acceptors (Lipinski definition) is 3. The first-order valence-electron chi connectivity index (χ1n) is 5.72. The highest BCUT2D eigenvalue weighted by molar-refractivity contribution is 9.10. The minimum atomic E-state index is -3.70. The Hall–Kier alpha value is -0.920. The first-order chi connectivity index (χ1) is 8.72. The highest BCUT2D eigenvalue weighted by Gasteiger charge is 2.24. The Bertz CT molecular complexity index is 539. The van der Waals surface area contributed by atoms with Gasteiger partial charge in [0.1, 0.15) is 0 Å². The van der Waals surface area contributed by atoms with Gasteiger partial charge in [-0.3, -0.25) is 4.79 Å². The van der Waals surface area contributed by atoms with E-state index in [2.05, 4.69) is 20.7 Å². The van der Waals surface area contributed by atoms with Crippen molar-refractivity contribution in [3.05, 3.63) is 28.7 Å². The van der Waals surface area contributed by atoms with Gasteiger partial charge in [0.05, 0.1) is 11.3 Å². The largest absolute Gasteiger partial charge is 0.481 e. The molecule has 0 heterocycles. The van der Waals surface area contributed by atoms with Crippen LogP contribution in [0.2, 0.25) is 0 Å². The maximum atomic E-state index is 12.1. The van der Waals surface area contributed by atoms with E-state index in [1.54, 1.807) is 26.0 Å². The van der Waals surface area contributed by atoms with E-state index in [1.165, 1.54) is 12.1 Å². The lowest BCUT2D eigenvalue weighted by Crippen LogP contribution is -2.40. The van der Waals surface area contributed by atoms with Gasteiger partial charge in [0, 0.05) is 10.5 Å². The van der Waals surface area contributed by atoms with Crippen molar-refractivity contribution < 1.29 is 18.3 Å². The van der Waals surface area contributed by atoms with Crippen LogP contribution in [0.15, 0.2) is 33.6 Å². The van der Waals surface area contributed by atoms with Gasteiger partial charge >= 0.3 is 5.97 Å². The van der Waals surface area contributed by atoms with Crippen molar-refractivity contribution in [2.24, 2.45) is 5.92 Å². The zero-order chi connectivity index (χ0) is 14.6. The van der Waals surface area contributed by atoms with Gasteiger partial charge in [-0.1, -0.05) is 29.8 Å². The van der Waals surface area contributed by atoms with Crippen LogP contribution in [0.3, 0.4) is 0 Å². The molecule has 1 rings (SSSR count). The molecule has 0 aliphatic carbocycles. The van der Waals surface area contributed by atoms with Gasteiger partial charge in [0.25, 0.3) is 0 Å². The molecule has 0 aromatic heterocycles. The molecule has 5 nitrogen and oxygen atoms in total. The van der Waals surface area contributed by atoms with Crippen molar-refractivity contribution in [2.45, 2.75) is 31.2 Å². The number of aliphatic carboxylic acids is 1. The molecule has 0 aliphatic rings. The third-order valence-corrected chi connectivity index (χ3v) is 4.66. The lowest BCUT2D eigenvalue weighted by molar-refractivity contribution is -0.137. The van der Waals surface area contributed by atoms with E-state index in [-0.39, 0.29) is 17.2 Å². The molecule has 1 atom stereocenters. The zero-order valence-electron chi connectivity index (χ0n) is 10.6. The van der Waals surface area contributed by atoms with E-state index in [4.69, 9.17) is 5.11 Å². The lowest BCUT2D eigenvalue weighted by Gasteiger charge is -2.20. The standard InChI is InChI=1S/C12H16BrNO4S/c1-8(2)11(7-12(15)16)14-19(17,18)10-5-3-9(13)4-6-10/h3-6,8,11,14H,7H2,1-2H3,(H,15,16). The molecule has 0 bridgehead atoms. The van der Waals surface area contributed by atoms with E-state index >= 15 is 0 Å². The lowest BCUT2D eigenvalue weighted by atomic mass is 10.0. The van der Waals surface area contributed by atoms with E-state index in [1.807, 2.05) is 0 Å². The summed E-state index contributed by atoms with van der Waals surface area (Å²) in [5.74, 6) is -1.14. The van der Waals surface area contributed by atoms with Crippen molar-refractivity contribution in [1.29, 1.82) is 0 Å². The average molecular weight is 350 g/mol. The Labute approximate surface area is 121 Å². The van der Waals surface area contributed by atoms with E-state index in [9.17, 15) is 13.2 Å². The van der Waals surface area contributed by atoms with Crippen molar-refractivity contribution in [2.75, 3.05) is 0 Å². The molecule has 0 amide bonds. The van der Waals surface area contributed by atoms with Gasteiger partial charge in [-0.15, -0.1) is 0 Å². The van der Waals surface area contributed by atoms with Crippen LogP contribution in [-0.4, -0.2) is 25.5 Å². The van der Waals surface area contributed by atoms with Crippen molar-refractivity contribution in [3.63, 3.8) is 0 Å². The Morgan fingerprint density at radius 2 is 1.84 bits per heavy atom. The predicted octanol–water partition coefficient (Wildman–Crippen LogP) is 2.23. The number of hydrogen-bond donors (Lipinski definition) is 2. The second kappa shape index (κ2) is 6.49. The molecule has 106 valence electrons. The smallest absolute Gasteiger partial charge is 0.304 e. The Morgan fingerprint density at radius 1 is 1.32 bits per heavy atom. The van der Waals surface area contributed by atoms with Crippen LogP contribution in [0, 0.1) is 5.92 Å².